The molecule has 4 nitrogen and oxygen atoms in total. The molecule has 2 heterocycles. The topological polar surface area (TPSA) is 36.3 Å². The lowest BCUT2D eigenvalue weighted by Gasteiger charge is -2.21. The second kappa shape index (κ2) is 2.57. The summed E-state index contributed by atoms with van der Waals surface area (Å²) in [5, 5.41) is 4.06. The molecule has 1 fully saturated rings. The molecule has 0 radical (unpaired) electrons. The molecule has 0 saturated carbocycles. The van der Waals surface area contributed by atoms with Crippen LogP contribution in [0.25, 0.3) is 0 Å². The second-order valence-corrected chi connectivity index (χ2v) is 2.98. The van der Waals surface area contributed by atoms with Crippen molar-refractivity contribution in [1.29, 1.82) is 0 Å². The molecule has 0 unspecified atom stereocenters. The minimum absolute atomic E-state index is 0.592. The maximum Gasteiger partial charge on any atom is 0.209 e. The number of nitrogens with zero attached hydrogens (tertiary/aromatic N) is 2. The average Bonchev–Trinajstić information content (AvgIpc) is 2.59. The normalized spacial score (nSPS) is 21.5. The van der Waals surface area contributed by atoms with Gasteiger partial charge in [-0.15, -0.1) is 0 Å². The summed E-state index contributed by atoms with van der Waals surface area (Å²) in [6.07, 6.45) is 1.74. The van der Waals surface area contributed by atoms with Gasteiger partial charge in [0.05, 0.1) is 18.9 Å². The lowest BCUT2D eigenvalue weighted by atomic mass is 10.2. The fraction of sp³-hybridized carbons (Fsp3) is 0.625. The third kappa shape index (κ3) is 1.04. The first-order valence-corrected chi connectivity index (χ1v) is 3.99. The van der Waals surface area contributed by atoms with Crippen molar-refractivity contribution in [3.05, 3.63) is 18.0 Å². The molecule has 0 bridgehead atoms. The highest BCUT2D eigenvalue weighted by molar-refractivity contribution is 5.08. The van der Waals surface area contributed by atoms with Crippen LogP contribution in [0.5, 0.6) is 0 Å². The quantitative estimate of drug-likeness (QED) is 0.617. The zero-order valence-electron chi connectivity index (χ0n) is 7.28. The summed E-state index contributed by atoms with van der Waals surface area (Å²) in [6.45, 7) is 3.22. The molecular formula is C8H12N2O2. The van der Waals surface area contributed by atoms with Crippen molar-refractivity contribution in [2.24, 2.45) is 7.05 Å². The first kappa shape index (κ1) is 7.76. The first-order chi connectivity index (χ1) is 5.72. The minimum atomic E-state index is -0.592. The fourth-order valence-electron chi connectivity index (χ4n) is 1.48. The molecular weight excluding hydrogens is 156 g/mol. The highest BCUT2D eigenvalue weighted by Crippen LogP contribution is 2.29. The van der Waals surface area contributed by atoms with E-state index in [4.69, 9.17) is 9.47 Å². The summed E-state index contributed by atoms with van der Waals surface area (Å²) in [4.78, 5) is 0. The van der Waals surface area contributed by atoms with Gasteiger partial charge in [0, 0.05) is 13.2 Å². The molecule has 0 aliphatic carbocycles. The summed E-state index contributed by atoms with van der Waals surface area (Å²) >= 11 is 0. The fourth-order valence-corrected chi connectivity index (χ4v) is 1.48. The van der Waals surface area contributed by atoms with Crippen LogP contribution in [-0.2, 0) is 22.3 Å². The van der Waals surface area contributed by atoms with Crippen LogP contribution in [0.1, 0.15) is 12.6 Å². The van der Waals surface area contributed by atoms with Crippen LogP contribution in [0.3, 0.4) is 0 Å². The van der Waals surface area contributed by atoms with E-state index in [2.05, 4.69) is 5.10 Å². The van der Waals surface area contributed by atoms with Gasteiger partial charge in [0.25, 0.3) is 0 Å². The predicted molar refractivity (Wildman–Crippen MR) is 42.5 cm³/mol. The van der Waals surface area contributed by atoms with Gasteiger partial charge in [-0.2, -0.15) is 5.10 Å². The van der Waals surface area contributed by atoms with Gasteiger partial charge in [-0.3, -0.25) is 4.68 Å². The second-order valence-electron chi connectivity index (χ2n) is 2.98. The number of hydrogen-bond acceptors (Lipinski definition) is 3. The molecule has 1 aromatic rings. The van der Waals surface area contributed by atoms with E-state index in [1.165, 1.54) is 0 Å². The van der Waals surface area contributed by atoms with E-state index in [1.807, 2.05) is 20.0 Å². The molecule has 4 heteroatoms. The van der Waals surface area contributed by atoms with E-state index in [-0.39, 0.29) is 0 Å². The largest absolute Gasteiger partial charge is 0.342 e. The van der Waals surface area contributed by atoms with Gasteiger partial charge in [-0.25, -0.2) is 0 Å². The van der Waals surface area contributed by atoms with Crippen LogP contribution in [0.2, 0.25) is 0 Å². The lowest BCUT2D eigenvalue weighted by Crippen LogP contribution is -2.25. The van der Waals surface area contributed by atoms with E-state index in [0.717, 1.165) is 5.69 Å². The Hall–Kier alpha value is -0.870. The first-order valence-electron chi connectivity index (χ1n) is 3.99. The van der Waals surface area contributed by atoms with Gasteiger partial charge < -0.3 is 9.47 Å². The zero-order chi connectivity index (χ0) is 8.60. The third-order valence-electron chi connectivity index (χ3n) is 2.12. The van der Waals surface area contributed by atoms with Crippen molar-refractivity contribution in [2.75, 3.05) is 13.2 Å². The van der Waals surface area contributed by atoms with E-state index in [0.29, 0.717) is 13.2 Å². The summed E-state index contributed by atoms with van der Waals surface area (Å²) in [6, 6.07) is 1.91. The molecule has 1 aliphatic rings. The van der Waals surface area contributed by atoms with E-state index < -0.39 is 5.79 Å². The Morgan fingerprint density at radius 2 is 2.17 bits per heavy atom. The monoisotopic (exact) mass is 168 g/mol. The van der Waals surface area contributed by atoms with E-state index in [1.54, 1.807) is 10.9 Å². The van der Waals surface area contributed by atoms with Gasteiger partial charge in [-0.1, -0.05) is 0 Å². The highest BCUT2D eigenvalue weighted by atomic mass is 16.7. The Labute approximate surface area is 71.1 Å². The van der Waals surface area contributed by atoms with Gasteiger partial charge >= 0.3 is 0 Å². The summed E-state index contributed by atoms with van der Waals surface area (Å²) in [5.74, 6) is -0.592. The van der Waals surface area contributed by atoms with Crippen LogP contribution in [0.4, 0.5) is 0 Å². The average molecular weight is 168 g/mol. The molecule has 1 aromatic heterocycles. The minimum Gasteiger partial charge on any atom is -0.342 e. The summed E-state index contributed by atoms with van der Waals surface area (Å²) < 4.78 is 12.7. The highest BCUT2D eigenvalue weighted by Gasteiger charge is 2.35. The Morgan fingerprint density at radius 1 is 1.50 bits per heavy atom. The zero-order valence-corrected chi connectivity index (χ0v) is 7.28. The van der Waals surface area contributed by atoms with Crippen LogP contribution in [0.15, 0.2) is 12.3 Å². The number of ether oxygens (including phenoxy) is 2. The Balaban J connectivity index is 2.34. The molecule has 1 saturated heterocycles. The van der Waals surface area contributed by atoms with Crippen LogP contribution in [-0.4, -0.2) is 23.0 Å². The van der Waals surface area contributed by atoms with Crippen molar-refractivity contribution in [3.63, 3.8) is 0 Å². The smallest absolute Gasteiger partial charge is 0.209 e. The summed E-state index contributed by atoms with van der Waals surface area (Å²) in [7, 11) is 1.88. The summed E-state index contributed by atoms with van der Waals surface area (Å²) in [5.41, 5.74) is 0.958. The molecule has 0 spiro atoms. The number of aryl methyl sites for hydroxylation is 1. The van der Waals surface area contributed by atoms with Crippen molar-refractivity contribution in [2.45, 2.75) is 12.7 Å². The maximum atomic E-state index is 5.48. The third-order valence-corrected chi connectivity index (χ3v) is 2.12. The molecule has 66 valence electrons. The molecule has 0 aromatic carbocycles. The number of hydrogen-bond donors (Lipinski definition) is 0. The van der Waals surface area contributed by atoms with Crippen LogP contribution >= 0.6 is 0 Å². The SMILES string of the molecule is Cn1nccc1C1(C)OCCO1. The molecule has 1 aliphatic heterocycles. The molecule has 12 heavy (non-hydrogen) atoms. The Morgan fingerprint density at radius 3 is 2.67 bits per heavy atom. The van der Waals surface area contributed by atoms with Gasteiger partial charge in [0.1, 0.15) is 0 Å². The van der Waals surface area contributed by atoms with Crippen LogP contribution in [0, 0.1) is 0 Å². The van der Waals surface area contributed by atoms with Gasteiger partial charge in [-0.05, 0) is 13.0 Å². The number of aromatic nitrogens is 2. The lowest BCUT2D eigenvalue weighted by molar-refractivity contribution is -0.154. The van der Waals surface area contributed by atoms with E-state index >= 15 is 0 Å². The Kier molecular flexibility index (Phi) is 1.66. The van der Waals surface area contributed by atoms with E-state index in [9.17, 15) is 0 Å². The predicted octanol–water partition coefficient (Wildman–Crippen LogP) is 0.640. The van der Waals surface area contributed by atoms with Crippen molar-refractivity contribution in [1.82, 2.24) is 9.78 Å². The molecule has 0 N–H and O–H groups in total. The molecule has 0 atom stereocenters. The van der Waals surface area contributed by atoms with Crippen molar-refractivity contribution < 1.29 is 9.47 Å². The molecule has 2 rings (SSSR count). The number of rotatable bonds is 1. The van der Waals surface area contributed by atoms with Crippen LogP contribution < -0.4 is 0 Å². The van der Waals surface area contributed by atoms with Gasteiger partial charge in [0.2, 0.25) is 5.79 Å². The molecule has 0 amide bonds. The van der Waals surface area contributed by atoms with Crippen molar-refractivity contribution >= 4 is 0 Å². The van der Waals surface area contributed by atoms with Gasteiger partial charge in [0.15, 0.2) is 0 Å². The maximum absolute atomic E-state index is 5.48. The van der Waals surface area contributed by atoms with Crippen molar-refractivity contribution in [3.8, 4) is 0 Å². The standard InChI is InChI=1S/C8H12N2O2/c1-8(11-5-6-12-8)7-3-4-9-10(7)2/h3-4H,5-6H2,1-2H3. The Bertz CT molecular complexity index is 276.